The van der Waals surface area contributed by atoms with Crippen molar-refractivity contribution in [1.29, 1.82) is 0 Å². The summed E-state index contributed by atoms with van der Waals surface area (Å²) in [5.74, 6) is 0.635. The summed E-state index contributed by atoms with van der Waals surface area (Å²) in [4.78, 5) is 2.61. The average Bonchev–Trinajstić information content (AvgIpc) is 2.29. The Kier molecular flexibility index (Phi) is 6.92. The molecule has 0 amide bonds. The molecule has 5 heteroatoms. The van der Waals surface area contributed by atoms with Crippen LogP contribution in [0.3, 0.4) is 0 Å². The summed E-state index contributed by atoms with van der Waals surface area (Å²) in [5, 5.41) is 3.59. The maximum Gasteiger partial charge on any atom is 0.106 e. The summed E-state index contributed by atoms with van der Waals surface area (Å²) in [6.45, 7) is 5.45. The molecule has 1 unspecified atom stereocenters. The van der Waals surface area contributed by atoms with Crippen molar-refractivity contribution >= 4 is 38.8 Å². The van der Waals surface area contributed by atoms with Gasteiger partial charge >= 0.3 is 0 Å². The molecule has 0 spiro atoms. The molecule has 112 valence electrons. The van der Waals surface area contributed by atoms with Crippen molar-refractivity contribution in [1.82, 2.24) is 4.90 Å². The number of benzene rings is 1. The van der Waals surface area contributed by atoms with Gasteiger partial charge in [0.05, 0.1) is 0 Å². The van der Waals surface area contributed by atoms with Gasteiger partial charge in [-0.05, 0) is 44.6 Å². The Morgan fingerprint density at radius 3 is 2.55 bits per heavy atom. The summed E-state index contributed by atoms with van der Waals surface area (Å²) < 4.78 is 0.985. The van der Waals surface area contributed by atoms with Crippen molar-refractivity contribution in [3.63, 3.8) is 0 Å². The minimum atomic E-state index is 0.374. The van der Waals surface area contributed by atoms with Crippen LogP contribution in [0.4, 0.5) is 5.69 Å². The van der Waals surface area contributed by atoms with E-state index in [1.807, 2.05) is 18.2 Å². The van der Waals surface area contributed by atoms with Gasteiger partial charge in [0.25, 0.3) is 0 Å². The van der Waals surface area contributed by atoms with Gasteiger partial charge in [-0.15, -0.1) is 0 Å². The third kappa shape index (κ3) is 5.77. The van der Waals surface area contributed by atoms with Crippen LogP contribution in [0.1, 0.15) is 25.8 Å². The lowest BCUT2D eigenvalue weighted by molar-refractivity contribution is 0.356. The van der Waals surface area contributed by atoms with E-state index in [0.29, 0.717) is 16.9 Å². The molecule has 0 aliphatic carbocycles. The number of nitrogens with two attached hydrogens (primary N) is 1. The molecule has 0 bridgehead atoms. The predicted octanol–water partition coefficient (Wildman–Crippen LogP) is 3.47. The highest BCUT2D eigenvalue weighted by Crippen LogP contribution is 2.23. The van der Waals surface area contributed by atoms with Crippen molar-refractivity contribution in [3.05, 3.63) is 28.2 Å². The number of rotatable bonds is 7. The first kappa shape index (κ1) is 17.4. The van der Waals surface area contributed by atoms with Gasteiger partial charge in [-0.1, -0.05) is 42.0 Å². The molecule has 1 aromatic carbocycles. The number of likely N-dealkylation sites (N-methyl/N-ethyl adjacent to an activating group) is 1. The molecule has 1 rings (SSSR count). The Morgan fingerprint density at radius 2 is 2.05 bits per heavy atom. The smallest absolute Gasteiger partial charge is 0.106 e. The quantitative estimate of drug-likeness (QED) is 0.733. The van der Waals surface area contributed by atoms with Gasteiger partial charge in [-0.3, -0.25) is 0 Å². The van der Waals surface area contributed by atoms with Gasteiger partial charge < -0.3 is 16.0 Å². The number of thiocarbonyl (C=S) groups is 1. The van der Waals surface area contributed by atoms with Crippen LogP contribution in [0, 0.1) is 5.92 Å². The number of halogens is 1. The maximum absolute atomic E-state index is 5.82. The van der Waals surface area contributed by atoms with Crippen LogP contribution < -0.4 is 11.1 Å². The zero-order valence-electron chi connectivity index (χ0n) is 12.6. The molecule has 0 saturated heterocycles. The fraction of sp³-hybridized carbons (Fsp3) is 0.533. The van der Waals surface area contributed by atoms with Gasteiger partial charge in [0.15, 0.2) is 0 Å². The molecule has 0 aliphatic rings. The lowest BCUT2D eigenvalue weighted by atomic mass is 10.0. The number of nitrogens with one attached hydrogen (secondary N) is 1. The molecule has 3 nitrogen and oxygen atoms in total. The number of nitrogens with zero attached hydrogens (tertiary/aromatic N) is 1. The van der Waals surface area contributed by atoms with E-state index in [1.54, 1.807) is 0 Å². The largest absolute Gasteiger partial charge is 0.389 e. The lowest BCUT2D eigenvalue weighted by Crippen LogP contribution is -2.34. The van der Waals surface area contributed by atoms with Crippen molar-refractivity contribution in [3.8, 4) is 0 Å². The van der Waals surface area contributed by atoms with Crippen molar-refractivity contribution in [2.75, 3.05) is 26.0 Å². The Bertz CT molecular complexity index is 450. The van der Waals surface area contributed by atoms with Gasteiger partial charge in [-0.25, -0.2) is 0 Å². The zero-order valence-corrected chi connectivity index (χ0v) is 15.0. The fourth-order valence-corrected chi connectivity index (χ4v) is 2.78. The summed E-state index contributed by atoms with van der Waals surface area (Å²) in [7, 11) is 4.18. The Hall–Kier alpha value is -0.650. The second-order valence-electron chi connectivity index (χ2n) is 5.79. The highest BCUT2D eigenvalue weighted by atomic mass is 79.9. The number of anilines is 1. The number of hydrogen-bond acceptors (Lipinski definition) is 3. The SMILES string of the molecule is CC(C)CC(CN(C)C)Nc1ccc(Br)cc1C(N)=S. The van der Waals surface area contributed by atoms with E-state index >= 15 is 0 Å². The van der Waals surface area contributed by atoms with E-state index in [-0.39, 0.29) is 0 Å². The maximum atomic E-state index is 5.82. The summed E-state index contributed by atoms with van der Waals surface area (Å²) in [6, 6.07) is 6.37. The molecular formula is C15H24BrN3S. The molecular weight excluding hydrogens is 334 g/mol. The monoisotopic (exact) mass is 357 g/mol. The molecule has 0 heterocycles. The normalized spacial score (nSPS) is 12.8. The third-order valence-corrected chi connectivity index (χ3v) is 3.66. The van der Waals surface area contributed by atoms with E-state index in [2.05, 4.69) is 54.1 Å². The van der Waals surface area contributed by atoms with Crippen LogP contribution in [0.25, 0.3) is 0 Å². The van der Waals surface area contributed by atoms with Crippen LogP contribution >= 0.6 is 28.1 Å². The Balaban J connectivity index is 2.94. The molecule has 3 N–H and O–H groups in total. The highest BCUT2D eigenvalue weighted by Gasteiger charge is 2.14. The molecule has 0 aliphatic heterocycles. The van der Waals surface area contributed by atoms with Crippen LogP contribution in [0.2, 0.25) is 0 Å². The molecule has 0 saturated carbocycles. The predicted molar refractivity (Wildman–Crippen MR) is 95.4 cm³/mol. The first-order valence-corrected chi connectivity index (χ1v) is 8.00. The zero-order chi connectivity index (χ0) is 15.3. The first-order valence-electron chi connectivity index (χ1n) is 6.80. The highest BCUT2D eigenvalue weighted by molar-refractivity contribution is 9.10. The molecule has 0 fully saturated rings. The number of hydrogen-bond donors (Lipinski definition) is 2. The van der Waals surface area contributed by atoms with Crippen molar-refractivity contribution in [2.24, 2.45) is 11.7 Å². The van der Waals surface area contributed by atoms with Crippen LogP contribution in [-0.2, 0) is 0 Å². The second-order valence-corrected chi connectivity index (χ2v) is 7.14. The van der Waals surface area contributed by atoms with E-state index in [0.717, 1.165) is 28.7 Å². The minimum absolute atomic E-state index is 0.374. The van der Waals surface area contributed by atoms with Crippen molar-refractivity contribution < 1.29 is 0 Å². The van der Waals surface area contributed by atoms with Crippen LogP contribution in [0.15, 0.2) is 22.7 Å². The average molecular weight is 358 g/mol. The minimum Gasteiger partial charge on any atom is -0.389 e. The van der Waals surface area contributed by atoms with E-state index in [1.165, 1.54) is 0 Å². The van der Waals surface area contributed by atoms with E-state index < -0.39 is 0 Å². The van der Waals surface area contributed by atoms with Gasteiger partial charge in [-0.2, -0.15) is 0 Å². The van der Waals surface area contributed by atoms with Gasteiger partial charge in [0, 0.05) is 28.3 Å². The molecule has 1 atom stereocenters. The second kappa shape index (κ2) is 7.96. The lowest BCUT2D eigenvalue weighted by Gasteiger charge is -2.26. The molecule has 0 radical (unpaired) electrons. The standard InChI is InChI=1S/C15H24BrN3S/c1-10(2)7-12(9-19(3)4)18-14-6-5-11(16)8-13(14)15(17)20/h5-6,8,10,12,18H,7,9H2,1-4H3,(H2,17,20). The first-order chi connectivity index (χ1) is 9.29. The van der Waals surface area contributed by atoms with Gasteiger partial charge in [0.1, 0.15) is 4.99 Å². The summed E-state index contributed by atoms with van der Waals surface area (Å²) in [6.07, 6.45) is 1.10. The van der Waals surface area contributed by atoms with Crippen LogP contribution in [0.5, 0.6) is 0 Å². The summed E-state index contributed by atoms with van der Waals surface area (Å²) in [5.41, 5.74) is 7.72. The summed E-state index contributed by atoms with van der Waals surface area (Å²) >= 11 is 8.60. The Labute approximate surface area is 136 Å². The third-order valence-electron chi connectivity index (χ3n) is 2.95. The van der Waals surface area contributed by atoms with Gasteiger partial charge in [0.2, 0.25) is 0 Å². The van der Waals surface area contributed by atoms with E-state index in [9.17, 15) is 0 Å². The Morgan fingerprint density at radius 1 is 1.40 bits per heavy atom. The topological polar surface area (TPSA) is 41.3 Å². The van der Waals surface area contributed by atoms with E-state index in [4.69, 9.17) is 18.0 Å². The fourth-order valence-electron chi connectivity index (χ4n) is 2.26. The van der Waals surface area contributed by atoms with Crippen molar-refractivity contribution in [2.45, 2.75) is 26.3 Å². The molecule has 0 aromatic heterocycles. The molecule has 1 aromatic rings. The molecule has 20 heavy (non-hydrogen) atoms. The van der Waals surface area contributed by atoms with Crippen LogP contribution in [-0.4, -0.2) is 36.6 Å².